The third-order valence-electron chi connectivity index (χ3n) is 6.53. The van der Waals surface area contributed by atoms with E-state index in [4.69, 9.17) is 18.9 Å². The van der Waals surface area contributed by atoms with Crippen LogP contribution < -0.4 is 18.9 Å². The van der Waals surface area contributed by atoms with Crippen LogP contribution in [0.1, 0.15) is 37.3 Å². The van der Waals surface area contributed by atoms with Crippen molar-refractivity contribution in [2.75, 3.05) is 21.3 Å². The molecule has 2 atom stereocenters. The Morgan fingerprint density at radius 2 is 1.71 bits per heavy atom. The van der Waals surface area contributed by atoms with E-state index < -0.39 is 11.7 Å². The number of hydrogen-bond acceptors (Lipinski definition) is 6. The van der Waals surface area contributed by atoms with Crippen molar-refractivity contribution in [2.24, 2.45) is 5.41 Å². The monoisotopic (exact) mass is 422 g/mol. The summed E-state index contributed by atoms with van der Waals surface area (Å²) in [6.45, 7) is 2.81. The number of fused-ring (bicyclic) bond motifs is 2. The molecule has 0 fully saturated rings. The first kappa shape index (κ1) is 21.3. The van der Waals surface area contributed by atoms with Crippen molar-refractivity contribution in [3.63, 3.8) is 0 Å². The van der Waals surface area contributed by atoms with Crippen LogP contribution in [-0.4, -0.2) is 38.5 Å². The van der Waals surface area contributed by atoms with E-state index in [0.717, 1.165) is 37.3 Å². The molecule has 2 aliphatic rings. The number of rotatable bonds is 7. The average molecular weight is 423 g/mol. The van der Waals surface area contributed by atoms with Crippen molar-refractivity contribution < 1.29 is 18.9 Å². The van der Waals surface area contributed by atoms with Gasteiger partial charge in [-0.05, 0) is 68.6 Å². The molecule has 4 rings (SSSR count). The van der Waals surface area contributed by atoms with Crippen LogP contribution in [0.25, 0.3) is 0 Å². The van der Waals surface area contributed by atoms with Crippen molar-refractivity contribution in [3.8, 4) is 29.1 Å². The highest BCUT2D eigenvalue weighted by Gasteiger charge is 2.42. The lowest BCUT2D eigenvalue weighted by molar-refractivity contribution is -0.0353. The van der Waals surface area contributed by atoms with E-state index in [1.165, 1.54) is 11.1 Å². The minimum Gasteiger partial charge on any atom is -0.493 e. The first-order valence-corrected chi connectivity index (χ1v) is 10.7. The number of methoxy groups -OCH3 is 2. The van der Waals surface area contributed by atoms with E-state index >= 15 is 0 Å². The molecule has 0 amide bonds. The zero-order valence-corrected chi connectivity index (χ0v) is 18.7. The van der Waals surface area contributed by atoms with Gasteiger partial charge in [-0.25, -0.2) is 0 Å². The Kier molecular flexibility index (Phi) is 5.97. The maximum atomic E-state index is 9.90. The van der Waals surface area contributed by atoms with Gasteiger partial charge < -0.3 is 18.9 Å². The number of benzene rings is 2. The summed E-state index contributed by atoms with van der Waals surface area (Å²) in [6, 6.07) is 14.6. The standard InChI is InChI=1S/C25H30N2O4/c1-25(16-26,24-30-20-9-5-6-10-21(20)31-24)11-7-8-19-12-17-13-22(28-3)23(29-4)14-18(17)15-27(19)2/h5-6,9-10,13-14,19,24H,7-8,11-12,15H2,1-4H3. The molecule has 2 heterocycles. The number of hydrogen-bond donors (Lipinski definition) is 0. The van der Waals surface area contributed by atoms with Gasteiger partial charge in [0.25, 0.3) is 6.29 Å². The second-order valence-corrected chi connectivity index (χ2v) is 8.68. The lowest BCUT2D eigenvalue weighted by Gasteiger charge is -2.35. The molecule has 0 saturated carbocycles. The van der Waals surface area contributed by atoms with Gasteiger partial charge in [-0.1, -0.05) is 18.6 Å². The molecule has 0 aliphatic carbocycles. The molecule has 0 aromatic heterocycles. The quantitative estimate of drug-likeness (QED) is 0.652. The maximum Gasteiger partial charge on any atom is 0.259 e. The minimum absolute atomic E-state index is 0.413. The lowest BCUT2D eigenvalue weighted by Crippen LogP contribution is -2.39. The van der Waals surface area contributed by atoms with Gasteiger partial charge >= 0.3 is 0 Å². The summed E-state index contributed by atoms with van der Waals surface area (Å²) in [5, 5.41) is 9.90. The minimum atomic E-state index is -0.708. The van der Waals surface area contributed by atoms with Crippen LogP contribution in [0.5, 0.6) is 23.0 Å². The second kappa shape index (κ2) is 8.68. The predicted molar refractivity (Wildman–Crippen MR) is 118 cm³/mol. The molecule has 164 valence electrons. The summed E-state index contributed by atoms with van der Waals surface area (Å²) in [5.41, 5.74) is 1.88. The molecule has 2 unspecified atom stereocenters. The molecular formula is C25H30N2O4. The third kappa shape index (κ3) is 4.15. The molecule has 31 heavy (non-hydrogen) atoms. The van der Waals surface area contributed by atoms with Gasteiger partial charge in [0.1, 0.15) is 5.41 Å². The topological polar surface area (TPSA) is 64.0 Å². The number of ether oxygens (including phenoxy) is 4. The zero-order valence-electron chi connectivity index (χ0n) is 18.7. The van der Waals surface area contributed by atoms with Crippen LogP contribution in [0.3, 0.4) is 0 Å². The zero-order chi connectivity index (χ0) is 22.0. The number of para-hydroxylation sites is 2. The normalized spacial score (nSPS) is 19.9. The smallest absolute Gasteiger partial charge is 0.259 e. The van der Waals surface area contributed by atoms with Crippen LogP contribution in [0.4, 0.5) is 0 Å². The highest BCUT2D eigenvalue weighted by molar-refractivity contribution is 5.48. The van der Waals surface area contributed by atoms with Crippen molar-refractivity contribution in [1.82, 2.24) is 4.90 Å². The molecule has 6 heteroatoms. The molecule has 0 bridgehead atoms. The van der Waals surface area contributed by atoms with Crippen LogP contribution in [-0.2, 0) is 13.0 Å². The molecule has 2 aliphatic heterocycles. The molecular weight excluding hydrogens is 392 g/mol. The fraction of sp³-hybridized carbons (Fsp3) is 0.480. The molecule has 0 N–H and O–H groups in total. The van der Waals surface area contributed by atoms with Crippen LogP contribution in [0.15, 0.2) is 36.4 Å². The third-order valence-corrected chi connectivity index (χ3v) is 6.53. The molecule has 0 radical (unpaired) electrons. The van der Waals surface area contributed by atoms with Crippen molar-refractivity contribution in [2.45, 2.75) is 51.5 Å². The van der Waals surface area contributed by atoms with E-state index in [2.05, 4.69) is 30.1 Å². The van der Waals surface area contributed by atoms with Crippen LogP contribution >= 0.6 is 0 Å². The fourth-order valence-electron chi connectivity index (χ4n) is 4.52. The lowest BCUT2D eigenvalue weighted by atomic mass is 9.83. The number of nitriles is 1. The van der Waals surface area contributed by atoms with E-state index in [9.17, 15) is 5.26 Å². The summed E-state index contributed by atoms with van der Waals surface area (Å²) < 4.78 is 22.8. The summed E-state index contributed by atoms with van der Waals surface area (Å²) in [4.78, 5) is 2.39. The fourth-order valence-corrected chi connectivity index (χ4v) is 4.52. The van der Waals surface area contributed by atoms with Gasteiger partial charge in [0, 0.05) is 12.6 Å². The van der Waals surface area contributed by atoms with E-state index in [1.807, 2.05) is 31.2 Å². The van der Waals surface area contributed by atoms with Gasteiger partial charge in [0.15, 0.2) is 23.0 Å². The van der Waals surface area contributed by atoms with Gasteiger partial charge in [0.2, 0.25) is 0 Å². The van der Waals surface area contributed by atoms with Gasteiger partial charge in [-0.2, -0.15) is 5.26 Å². The highest BCUT2D eigenvalue weighted by atomic mass is 16.7. The highest BCUT2D eigenvalue weighted by Crippen LogP contribution is 2.42. The van der Waals surface area contributed by atoms with E-state index in [0.29, 0.717) is 24.0 Å². The summed E-state index contributed by atoms with van der Waals surface area (Å²) in [7, 11) is 5.50. The van der Waals surface area contributed by atoms with Crippen molar-refractivity contribution in [1.29, 1.82) is 5.26 Å². The average Bonchev–Trinajstić information content (AvgIpc) is 3.23. The Labute approximate surface area is 184 Å². The molecule has 0 saturated heterocycles. The Hall–Kier alpha value is -2.91. The Morgan fingerprint density at radius 3 is 2.29 bits per heavy atom. The summed E-state index contributed by atoms with van der Waals surface area (Å²) in [6.07, 6.45) is 3.02. The van der Waals surface area contributed by atoms with Crippen LogP contribution in [0, 0.1) is 16.7 Å². The Balaban J connectivity index is 1.39. The molecule has 6 nitrogen and oxygen atoms in total. The summed E-state index contributed by atoms with van der Waals surface area (Å²) in [5.74, 6) is 2.97. The van der Waals surface area contributed by atoms with Crippen molar-refractivity contribution >= 4 is 0 Å². The number of nitrogens with zero attached hydrogens (tertiary/aromatic N) is 2. The largest absolute Gasteiger partial charge is 0.493 e. The summed E-state index contributed by atoms with van der Waals surface area (Å²) >= 11 is 0. The van der Waals surface area contributed by atoms with Gasteiger partial charge in [-0.3, -0.25) is 4.90 Å². The second-order valence-electron chi connectivity index (χ2n) is 8.68. The predicted octanol–water partition coefficient (Wildman–Crippen LogP) is 4.56. The van der Waals surface area contributed by atoms with Gasteiger partial charge in [-0.15, -0.1) is 0 Å². The molecule has 0 spiro atoms. The first-order chi connectivity index (χ1) is 15.0. The Morgan fingerprint density at radius 1 is 1.10 bits per heavy atom. The maximum absolute atomic E-state index is 9.90. The first-order valence-electron chi connectivity index (χ1n) is 10.7. The molecule has 2 aromatic rings. The SMILES string of the molecule is COc1cc2c(cc1OC)CN(C)C(CCCC(C)(C#N)C1Oc3ccccc3O1)C2. The van der Waals surface area contributed by atoms with Crippen LogP contribution in [0.2, 0.25) is 0 Å². The Bertz CT molecular complexity index is 961. The van der Waals surface area contributed by atoms with E-state index in [-0.39, 0.29) is 0 Å². The number of likely N-dealkylation sites (N-methyl/N-ethyl adjacent to an activating group) is 1. The van der Waals surface area contributed by atoms with Crippen molar-refractivity contribution in [3.05, 3.63) is 47.5 Å². The van der Waals surface area contributed by atoms with Gasteiger partial charge in [0.05, 0.1) is 20.3 Å². The molecule has 2 aromatic carbocycles. The van der Waals surface area contributed by atoms with E-state index in [1.54, 1.807) is 14.2 Å².